The first-order valence-corrected chi connectivity index (χ1v) is 6.79. The number of carbonyl (C=O) groups is 2. The molecule has 0 radical (unpaired) electrons. The molecule has 112 valence electrons. The van der Waals surface area contributed by atoms with Gasteiger partial charge in [-0.15, -0.1) is 0 Å². The van der Waals surface area contributed by atoms with Gasteiger partial charge in [-0.2, -0.15) is 0 Å². The van der Waals surface area contributed by atoms with Crippen LogP contribution in [0.25, 0.3) is 0 Å². The Labute approximate surface area is 114 Å². The second kappa shape index (κ2) is 10.6. The van der Waals surface area contributed by atoms with E-state index in [2.05, 4.69) is 24.5 Å². The second-order valence-corrected chi connectivity index (χ2v) is 4.88. The standard InChI is InChI=1S/C13H26N2O4/c1-4-11(12(16)17)9-15-13(18)14-6-8-19-7-5-10(2)3/h10-11H,4-9H2,1-3H3,(H,16,17)(H2,14,15,18). The van der Waals surface area contributed by atoms with E-state index in [1.807, 2.05) is 0 Å². The van der Waals surface area contributed by atoms with E-state index < -0.39 is 11.9 Å². The molecule has 0 aromatic rings. The van der Waals surface area contributed by atoms with Crippen LogP contribution >= 0.6 is 0 Å². The molecule has 2 amide bonds. The number of rotatable bonds is 10. The van der Waals surface area contributed by atoms with Gasteiger partial charge in [-0.25, -0.2) is 4.79 Å². The molecule has 1 atom stereocenters. The summed E-state index contributed by atoms with van der Waals surface area (Å²) < 4.78 is 5.34. The van der Waals surface area contributed by atoms with Crippen LogP contribution in [0.5, 0.6) is 0 Å². The number of carboxylic acids is 1. The minimum Gasteiger partial charge on any atom is -0.481 e. The summed E-state index contributed by atoms with van der Waals surface area (Å²) in [7, 11) is 0. The zero-order valence-corrected chi connectivity index (χ0v) is 12.1. The lowest BCUT2D eigenvalue weighted by molar-refractivity contribution is -0.141. The molecule has 6 nitrogen and oxygen atoms in total. The lowest BCUT2D eigenvalue weighted by Gasteiger charge is -2.12. The molecule has 6 heteroatoms. The summed E-state index contributed by atoms with van der Waals surface area (Å²) in [4.78, 5) is 22.1. The van der Waals surface area contributed by atoms with Gasteiger partial charge in [0.15, 0.2) is 0 Å². The van der Waals surface area contributed by atoms with Gasteiger partial charge in [0.05, 0.1) is 12.5 Å². The van der Waals surface area contributed by atoms with Gasteiger partial charge in [-0.3, -0.25) is 4.79 Å². The molecule has 0 aliphatic heterocycles. The third kappa shape index (κ3) is 10.3. The molecule has 0 spiro atoms. The minimum atomic E-state index is -0.889. The SMILES string of the molecule is CCC(CNC(=O)NCCOCCC(C)C)C(=O)O. The number of nitrogens with one attached hydrogen (secondary N) is 2. The van der Waals surface area contributed by atoms with E-state index in [9.17, 15) is 9.59 Å². The highest BCUT2D eigenvalue weighted by Crippen LogP contribution is 2.00. The van der Waals surface area contributed by atoms with Crippen LogP contribution in [0.2, 0.25) is 0 Å². The van der Waals surface area contributed by atoms with E-state index >= 15 is 0 Å². The maximum atomic E-state index is 11.4. The molecule has 19 heavy (non-hydrogen) atoms. The summed E-state index contributed by atoms with van der Waals surface area (Å²) in [5, 5.41) is 14.0. The van der Waals surface area contributed by atoms with E-state index in [0.29, 0.717) is 32.1 Å². The quantitative estimate of drug-likeness (QED) is 0.526. The third-order valence-corrected chi connectivity index (χ3v) is 2.72. The van der Waals surface area contributed by atoms with E-state index in [4.69, 9.17) is 9.84 Å². The summed E-state index contributed by atoms with van der Waals surface area (Å²) in [6.45, 7) is 7.76. The van der Waals surface area contributed by atoms with Crippen LogP contribution in [-0.4, -0.2) is 43.4 Å². The summed E-state index contributed by atoms with van der Waals surface area (Å²) >= 11 is 0. The molecule has 0 saturated carbocycles. The highest BCUT2D eigenvalue weighted by molar-refractivity contribution is 5.75. The van der Waals surface area contributed by atoms with E-state index in [-0.39, 0.29) is 12.6 Å². The minimum absolute atomic E-state index is 0.145. The highest BCUT2D eigenvalue weighted by atomic mass is 16.5. The van der Waals surface area contributed by atoms with Crippen molar-refractivity contribution in [2.24, 2.45) is 11.8 Å². The van der Waals surface area contributed by atoms with Gasteiger partial charge in [0.1, 0.15) is 0 Å². The van der Waals surface area contributed by atoms with Gasteiger partial charge in [0.2, 0.25) is 0 Å². The first-order valence-electron chi connectivity index (χ1n) is 6.79. The summed E-state index contributed by atoms with van der Waals surface area (Å²) in [5.41, 5.74) is 0. The Hall–Kier alpha value is -1.30. The van der Waals surface area contributed by atoms with Crippen LogP contribution in [0.1, 0.15) is 33.6 Å². The van der Waals surface area contributed by atoms with Crippen molar-refractivity contribution in [3.63, 3.8) is 0 Å². The second-order valence-electron chi connectivity index (χ2n) is 4.88. The van der Waals surface area contributed by atoms with Crippen molar-refractivity contribution in [2.75, 3.05) is 26.3 Å². The molecule has 0 aliphatic rings. The van der Waals surface area contributed by atoms with Crippen LogP contribution < -0.4 is 10.6 Å². The number of urea groups is 1. The molecule has 0 aromatic heterocycles. The molecule has 0 aromatic carbocycles. The Balaban J connectivity index is 3.52. The fourth-order valence-corrected chi connectivity index (χ4v) is 1.34. The molecule has 0 heterocycles. The van der Waals surface area contributed by atoms with Crippen LogP contribution in [0.15, 0.2) is 0 Å². The van der Waals surface area contributed by atoms with E-state index in [1.165, 1.54) is 0 Å². The van der Waals surface area contributed by atoms with Gasteiger partial charge in [-0.1, -0.05) is 20.8 Å². The molecule has 0 aliphatic carbocycles. The molecule has 0 saturated heterocycles. The lowest BCUT2D eigenvalue weighted by atomic mass is 10.1. The van der Waals surface area contributed by atoms with Gasteiger partial charge in [-0.05, 0) is 18.8 Å². The van der Waals surface area contributed by atoms with Crippen molar-refractivity contribution in [2.45, 2.75) is 33.6 Å². The maximum Gasteiger partial charge on any atom is 0.314 e. The van der Waals surface area contributed by atoms with Gasteiger partial charge >= 0.3 is 12.0 Å². The number of aliphatic carboxylic acids is 1. The molecule has 0 fully saturated rings. The fourth-order valence-electron chi connectivity index (χ4n) is 1.34. The lowest BCUT2D eigenvalue weighted by Crippen LogP contribution is -2.41. The van der Waals surface area contributed by atoms with Crippen LogP contribution in [-0.2, 0) is 9.53 Å². The highest BCUT2D eigenvalue weighted by Gasteiger charge is 2.15. The number of hydrogen-bond donors (Lipinski definition) is 3. The van der Waals surface area contributed by atoms with E-state index in [0.717, 1.165) is 6.42 Å². The predicted octanol–water partition coefficient (Wildman–Crippen LogP) is 1.46. The van der Waals surface area contributed by atoms with Crippen molar-refractivity contribution in [3.05, 3.63) is 0 Å². The van der Waals surface area contributed by atoms with Crippen molar-refractivity contribution >= 4 is 12.0 Å². The van der Waals surface area contributed by atoms with Crippen molar-refractivity contribution in [3.8, 4) is 0 Å². The van der Waals surface area contributed by atoms with Crippen molar-refractivity contribution < 1.29 is 19.4 Å². The Kier molecular flexibility index (Phi) is 9.88. The fraction of sp³-hybridized carbons (Fsp3) is 0.846. The van der Waals surface area contributed by atoms with Crippen LogP contribution in [0.3, 0.4) is 0 Å². The largest absolute Gasteiger partial charge is 0.481 e. The molecule has 3 N–H and O–H groups in total. The number of carboxylic acid groups (broad SMARTS) is 1. The molecular weight excluding hydrogens is 248 g/mol. The maximum absolute atomic E-state index is 11.4. The number of ether oxygens (including phenoxy) is 1. The Morgan fingerprint density at radius 3 is 2.42 bits per heavy atom. The number of carbonyl (C=O) groups excluding carboxylic acids is 1. The van der Waals surface area contributed by atoms with Crippen LogP contribution in [0.4, 0.5) is 4.79 Å². The molecule has 1 unspecified atom stereocenters. The van der Waals surface area contributed by atoms with Crippen molar-refractivity contribution in [1.29, 1.82) is 0 Å². The third-order valence-electron chi connectivity index (χ3n) is 2.72. The van der Waals surface area contributed by atoms with Gasteiger partial charge in [0, 0.05) is 19.7 Å². The molecule has 0 bridgehead atoms. The summed E-state index contributed by atoms with van der Waals surface area (Å²) in [6, 6.07) is -0.354. The van der Waals surface area contributed by atoms with E-state index in [1.54, 1.807) is 6.92 Å². The first kappa shape index (κ1) is 17.7. The smallest absolute Gasteiger partial charge is 0.314 e. The Bertz CT molecular complexity index is 269. The van der Waals surface area contributed by atoms with Crippen molar-refractivity contribution in [1.82, 2.24) is 10.6 Å². The topological polar surface area (TPSA) is 87.7 Å². The average Bonchev–Trinajstić information content (AvgIpc) is 2.33. The first-order chi connectivity index (χ1) is 8.97. The van der Waals surface area contributed by atoms with Gasteiger partial charge in [0.25, 0.3) is 0 Å². The monoisotopic (exact) mass is 274 g/mol. The number of amides is 2. The Morgan fingerprint density at radius 1 is 1.21 bits per heavy atom. The number of hydrogen-bond acceptors (Lipinski definition) is 3. The van der Waals surface area contributed by atoms with Gasteiger partial charge < -0.3 is 20.5 Å². The average molecular weight is 274 g/mol. The Morgan fingerprint density at radius 2 is 1.89 bits per heavy atom. The predicted molar refractivity (Wildman–Crippen MR) is 73.1 cm³/mol. The summed E-state index contributed by atoms with van der Waals surface area (Å²) in [6.07, 6.45) is 1.50. The normalized spacial score (nSPS) is 12.2. The summed E-state index contributed by atoms with van der Waals surface area (Å²) in [5.74, 6) is -0.814. The zero-order valence-electron chi connectivity index (χ0n) is 12.1. The molecular formula is C13H26N2O4. The van der Waals surface area contributed by atoms with Crippen LogP contribution in [0, 0.1) is 11.8 Å². The molecule has 0 rings (SSSR count). The zero-order chi connectivity index (χ0) is 14.7.